The van der Waals surface area contributed by atoms with Gasteiger partial charge in [0.1, 0.15) is 0 Å². The molecule has 1 nitrogen and oxygen atoms in total. The van der Waals surface area contributed by atoms with E-state index in [4.69, 9.17) is 0 Å². The second-order valence-corrected chi connectivity index (χ2v) is 4.53. The van der Waals surface area contributed by atoms with Gasteiger partial charge in [-0.2, -0.15) is 0 Å². The van der Waals surface area contributed by atoms with Gasteiger partial charge in [-0.05, 0) is 5.41 Å². The SMILES string of the molecule is CCC(CC)(CC)CC(=O)c1ccccc1. The summed E-state index contributed by atoms with van der Waals surface area (Å²) in [6, 6.07) is 9.63. The molecule has 88 valence electrons. The van der Waals surface area contributed by atoms with Gasteiger partial charge in [0.15, 0.2) is 5.78 Å². The summed E-state index contributed by atoms with van der Waals surface area (Å²) in [6.45, 7) is 6.56. The van der Waals surface area contributed by atoms with Gasteiger partial charge >= 0.3 is 0 Å². The summed E-state index contributed by atoms with van der Waals surface area (Å²) in [5, 5.41) is 0. The summed E-state index contributed by atoms with van der Waals surface area (Å²) in [5.41, 5.74) is 1.05. The van der Waals surface area contributed by atoms with Crippen molar-refractivity contribution in [2.24, 2.45) is 5.41 Å². The number of hydrogen-bond donors (Lipinski definition) is 0. The van der Waals surface area contributed by atoms with E-state index in [0.29, 0.717) is 6.42 Å². The predicted octanol–water partition coefficient (Wildman–Crippen LogP) is 4.48. The van der Waals surface area contributed by atoms with E-state index < -0.39 is 0 Å². The van der Waals surface area contributed by atoms with Gasteiger partial charge in [0.25, 0.3) is 0 Å². The second kappa shape index (κ2) is 5.83. The largest absolute Gasteiger partial charge is 0.294 e. The average Bonchev–Trinajstić information content (AvgIpc) is 2.37. The molecule has 0 amide bonds. The van der Waals surface area contributed by atoms with Crippen molar-refractivity contribution in [2.75, 3.05) is 0 Å². The maximum Gasteiger partial charge on any atom is 0.163 e. The van der Waals surface area contributed by atoms with Crippen molar-refractivity contribution in [3.63, 3.8) is 0 Å². The number of carbonyl (C=O) groups is 1. The van der Waals surface area contributed by atoms with Crippen LogP contribution in [0.4, 0.5) is 0 Å². The number of rotatable bonds is 6. The van der Waals surface area contributed by atoms with Crippen LogP contribution in [-0.4, -0.2) is 5.78 Å². The molecule has 0 heterocycles. The van der Waals surface area contributed by atoms with Crippen LogP contribution in [0, 0.1) is 5.41 Å². The van der Waals surface area contributed by atoms with Crippen molar-refractivity contribution >= 4 is 5.78 Å². The third kappa shape index (κ3) is 2.94. The minimum atomic E-state index is 0.201. The van der Waals surface area contributed by atoms with E-state index in [9.17, 15) is 4.79 Å². The minimum absolute atomic E-state index is 0.201. The maximum atomic E-state index is 12.1. The van der Waals surface area contributed by atoms with E-state index in [-0.39, 0.29) is 11.2 Å². The van der Waals surface area contributed by atoms with Crippen LogP contribution in [0.1, 0.15) is 56.8 Å². The van der Waals surface area contributed by atoms with Crippen molar-refractivity contribution in [1.82, 2.24) is 0 Å². The molecule has 0 bridgehead atoms. The van der Waals surface area contributed by atoms with E-state index in [1.807, 2.05) is 30.3 Å². The van der Waals surface area contributed by atoms with Gasteiger partial charge in [0.05, 0.1) is 0 Å². The Morgan fingerprint density at radius 3 is 1.94 bits per heavy atom. The van der Waals surface area contributed by atoms with E-state index >= 15 is 0 Å². The van der Waals surface area contributed by atoms with Gasteiger partial charge in [0, 0.05) is 12.0 Å². The number of ketones is 1. The lowest BCUT2D eigenvalue weighted by Crippen LogP contribution is -2.22. The molecule has 0 spiro atoms. The zero-order valence-electron chi connectivity index (χ0n) is 10.6. The molecule has 0 aliphatic carbocycles. The van der Waals surface area contributed by atoms with Crippen molar-refractivity contribution in [1.29, 1.82) is 0 Å². The lowest BCUT2D eigenvalue weighted by molar-refractivity contribution is 0.0893. The third-order valence-corrected chi connectivity index (χ3v) is 3.88. The van der Waals surface area contributed by atoms with Gasteiger partial charge in [-0.1, -0.05) is 70.4 Å². The maximum absolute atomic E-state index is 12.1. The smallest absolute Gasteiger partial charge is 0.163 e. The molecular formula is C15H22O. The van der Waals surface area contributed by atoms with Crippen molar-refractivity contribution in [2.45, 2.75) is 46.5 Å². The van der Waals surface area contributed by atoms with Crippen LogP contribution in [0.5, 0.6) is 0 Å². The molecule has 0 radical (unpaired) electrons. The first-order valence-electron chi connectivity index (χ1n) is 6.25. The molecule has 0 saturated carbocycles. The normalized spacial score (nSPS) is 11.4. The Balaban J connectivity index is 2.77. The summed E-state index contributed by atoms with van der Waals surface area (Å²) >= 11 is 0. The first kappa shape index (κ1) is 13.0. The Morgan fingerprint density at radius 1 is 1.00 bits per heavy atom. The van der Waals surface area contributed by atoms with Crippen LogP contribution in [-0.2, 0) is 0 Å². The van der Waals surface area contributed by atoms with Gasteiger partial charge < -0.3 is 0 Å². The van der Waals surface area contributed by atoms with Gasteiger partial charge in [-0.15, -0.1) is 0 Å². The lowest BCUT2D eigenvalue weighted by atomic mass is 9.75. The molecule has 1 rings (SSSR count). The Labute approximate surface area is 98.9 Å². The molecule has 1 aromatic rings. The van der Waals surface area contributed by atoms with Gasteiger partial charge in [-0.25, -0.2) is 0 Å². The molecule has 0 saturated heterocycles. The van der Waals surface area contributed by atoms with Crippen LogP contribution >= 0.6 is 0 Å². The van der Waals surface area contributed by atoms with E-state index in [1.165, 1.54) is 0 Å². The summed E-state index contributed by atoms with van der Waals surface area (Å²) < 4.78 is 0. The minimum Gasteiger partial charge on any atom is -0.294 e. The number of hydrogen-bond acceptors (Lipinski definition) is 1. The molecule has 0 aliphatic rings. The number of carbonyl (C=O) groups excluding carboxylic acids is 1. The highest BCUT2D eigenvalue weighted by Gasteiger charge is 2.27. The fourth-order valence-electron chi connectivity index (χ4n) is 2.19. The molecule has 16 heavy (non-hydrogen) atoms. The predicted molar refractivity (Wildman–Crippen MR) is 68.7 cm³/mol. The average molecular weight is 218 g/mol. The third-order valence-electron chi connectivity index (χ3n) is 3.88. The van der Waals surface area contributed by atoms with Crippen LogP contribution in [0.3, 0.4) is 0 Å². The monoisotopic (exact) mass is 218 g/mol. The Morgan fingerprint density at radius 2 is 1.50 bits per heavy atom. The number of Topliss-reactive ketones (excluding diaryl/α,β-unsaturated/α-hetero) is 1. The summed E-state index contributed by atoms with van der Waals surface area (Å²) in [7, 11) is 0. The standard InChI is InChI=1S/C15H22O/c1-4-15(5-2,6-3)12-14(16)13-10-8-7-9-11-13/h7-11H,4-6,12H2,1-3H3. The van der Waals surface area contributed by atoms with Gasteiger partial charge in [-0.3, -0.25) is 4.79 Å². The fraction of sp³-hybridized carbons (Fsp3) is 0.533. The Kier molecular flexibility index (Phi) is 4.72. The zero-order valence-corrected chi connectivity index (χ0v) is 10.6. The highest BCUT2D eigenvalue weighted by atomic mass is 16.1. The molecule has 0 unspecified atom stereocenters. The first-order chi connectivity index (χ1) is 7.67. The fourth-order valence-corrected chi connectivity index (χ4v) is 2.19. The van der Waals surface area contributed by atoms with Crippen molar-refractivity contribution in [3.8, 4) is 0 Å². The molecule has 0 N–H and O–H groups in total. The number of benzene rings is 1. The van der Waals surface area contributed by atoms with Gasteiger partial charge in [0.2, 0.25) is 0 Å². The summed E-state index contributed by atoms with van der Waals surface area (Å²) in [5.74, 6) is 0.283. The Bertz CT molecular complexity index is 314. The summed E-state index contributed by atoms with van der Waals surface area (Å²) in [6.07, 6.45) is 3.93. The van der Waals surface area contributed by atoms with E-state index in [1.54, 1.807) is 0 Å². The topological polar surface area (TPSA) is 17.1 Å². The highest BCUT2D eigenvalue weighted by Crippen LogP contribution is 2.35. The van der Waals surface area contributed by atoms with Crippen LogP contribution in [0.25, 0.3) is 0 Å². The molecule has 0 atom stereocenters. The van der Waals surface area contributed by atoms with Crippen LogP contribution < -0.4 is 0 Å². The van der Waals surface area contributed by atoms with Crippen LogP contribution in [0.2, 0.25) is 0 Å². The highest BCUT2D eigenvalue weighted by molar-refractivity contribution is 5.96. The quantitative estimate of drug-likeness (QED) is 0.643. The molecule has 0 aromatic heterocycles. The molecule has 0 aliphatic heterocycles. The van der Waals surface area contributed by atoms with E-state index in [0.717, 1.165) is 24.8 Å². The van der Waals surface area contributed by atoms with Crippen molar-refractivity contribution < 1.29 is 4.79 Å². The van der Waals surface area contributed by atoms with Crippen LogP contribution in [0.15, 0.2) is 30.3 Å². The Hall–Kier alpha value is -1.11. The van der Waals surface area contributed by atoms with Crippen molar-refractivity contribution in [3.05, 3.63) is 35.9 Å². The zero-order chi connectivity index (χ0) is 12.0. The second-order valence-electron chi connectivity index (χ2n) is 4.53. The lowest BCUT2D eigenvalue weighted by Gasteiger charge is -2.29. The molecular weight excluding hydrogens is 196 g/mol. The molecule has 0 fully saturated rings. The first-order valence-corrected chi connectivity index (χ1v) is 6.25. The molecule has 1 heteroatoms. The molecule has 1 aromatic carbocycles. The summed E-state index contributed by atoms with van der Waals surface area (Å²) in [4.78, 5) is 12.1. The van der Waals surface area contributed by atoms with E-state index in [2.05, 4.69) is 20.8 Å².